The molecule has 4 N–H and O–H groups in total. The van der Waals surface area contributed by atoms with Crippen LogP contribution in [0.4, 0.5) is 0 Å². The fourth-order valence-electron chi connectivity index (χ4n) is 11.0. The molecule has 9 heteroatoms. The average molecular weight is 626 g/mol. The summed E-state index contributed by atoms with van der Waals surface area (Å²) < 4.78 is 0. The SMILES string of the molecule is C#CCNC(=O)C1=C(C)CSC2C(NC(=O)CC[C@@H](C)[C@H]3CC[C@H]4[C@@H]5C(O)C[C@@H]6C[C@H](O)CC[C@]6(C)[C@H]5CC[C@]34C)C(=O)N12. The second kappa shape index (κ2) is 12.0. The predicted octanol–water partition coefficient (Wildman–Crippen LogP) is 3.82. The standard InChI is InChI=1S/C35H51N3O5S/c1-6-15-36-31(42)30-20(3)18-44-33-29(32(43)38(30)33)37-27(41)10-7-19(2)23-8-9-24-28-25(12-14-35(23,24)5)34(4)13-11-22(39)16-21(34)17-26(28)40/h1,19,21-26,28-29,33,39-40H,7-18H2,2-5H3,(H,36,42)(H,37,41)/t19-,21+,22-,23-,24+,25+,26?,28+,29?,33?,34+,35-/m1/s1. The number of hydrogen-bond acceptors (Lipinski definition) is 6. The minimum absolute atomic E-state index is 0.0985. The number of nitrogens with one attached hydrogen (secondary N) is 2. The van der Waals surface area contributed by atoms with Gasteiger partial charge in [0.15, 0.2) is 0 Å². The zero-order chi connectivity index (χ0) is 31.6. The number of thioether (sulfide) groups is 1. The van der Waals surface area contributed by atoms with Gasteiger partial charge in [0.1, 0.15) is 17.1 Å². The zero-order valence-electron chi connectivity index (χ0n) is 26.8. The second-order valence-corrected chi connectivity index (χ2v) is 16.5. The van der Waals surface area contributed by atoms with E-state index in [9.17, 15) is 24.6 Å². The molecular weight excluding hydrogens is 574 g/mol. The Morgan fingerprint density at radius 2 is 1.84 bits per heavy atom. The van der Waals surface area contributed by atoms with E-state index < -0.39 is 6.04 Å². The van der Waals surface area contributed by atoms with E-state index in [0.29, 0.717) is 53.4 Å². The van der Waals surface area contributed by atoms with Gasteiger partial charge >= 0.3 is 0 Å². The van der Waals surface area contributed by atoms with Crippen LogP contribution in [0, 0.1) is 58.7 Å². The maximum Gasteiger partial charge on any atom is 0.268 e. The highest BCUT2D eigenvalue weighted by Crippen LogP contribution is 2.68. The van der Waals surface area contributed by atoms with Crippen molar-refractivity contribution in [2.75, 3.05) is 12.3 Å². The smallest absolute Gasteiger partial charge is 0.268 e. The van der Waals surface area contributed by atoms with Crippen molar-refractivity contribution in [1.82, 2.24) is 15.5 Å². The van der Waals surface area contributed by atoms with E-state index in [1.807, 2.05) is 6.92 Å². The number of nitrogens with zero attached hydrogens (tertiary/aromatic N) is 1. The lowest BCUT2D eigenvalue weighted by Gasteiger charge is -2.62. The molecule has 0 aromatic rings. The Morgan fingerprint density at radius 3 is 2.59 bits per heavy atom. The molecule has 0 bridgehead atoms. The minimum Gasteiger partial charge on any atom is -0.393 e. The summed E-state index contributed by atoms with van der Waals surface area (Å²) in [4.78, 5) is 40.4. The van der Waals surface area contributed by atoms with Gasteiger partial charge in [-0.3, -0.25) is 19.3 Å². The summed E-state index contributed by atoms with van der Waals surface area (Å²) in [5.74, 6) is 4.99. The highest BCUT2D eigenvalue weighted by molar-refractivity contribution is 8.00. The molecule has 0 radical (unpaired) electrons. The molecule has 4 saturated carbocycles. The van der Waals surface area contributed by atoms with Crippen LogP contribution in [-0.2, 0) is 14.4 Å². The van der Waals surface area contributed by atoms with Gasteiger partial charge < -0.3 is 20.8 Å². The molecule has 2 heterocycles. The van der Waals surface area contributed by atoms with Crippen molar-refractivity contribution in [2.24, 2.45) is 46.3 Å². The number of terminal acetylenes is 1. The van der Waals surface area contributed by atoms with Crippen LogP contribution in [0.25, 0.3) is 0 Å². The Hall–Kier alpha value is -2.02. The summed E-state index contributed by atoms with van der Waals surface area (Å²) in [5, 5.41) is 27.3. The van der Waals surface area contributed by atoms with E-state index in [1.165, 1.54) is 11.3 Å². The largest absolute Gasteiger partial charge is 0.393 e. The quantitative estimate of drug-likeness (QED) is 0.253. The first-order valence-electron chi connectivity index (χ1n) is 16.9. The molecule has 242 valence electrons. The summed E-state index contributed by atoms with van der Waals surface area (Å²) in [6, 6.07) is -0.617. The number of aliphatic hydroxyl groups is 2. The Bertz CT molecular complexity index is 1260. The van der Waals surface area contributed by atoms with E-state index in [4.69, 9.17) is 6.42 Å². The van der Waals surface area contributed by atoms with Crippen molar-refractivity contribution >= 4 is 29.5 Å². The van der Waals surface area contributed by atoms with E-state index in [1.54, 1.807) is 11.8 Å². The molecule has 0 spiro atoms. The lowest BCUT2D eigenvalue weighted by Crippen LogP contribution is -2.70. The molecule has 6 aliphatic rings. The molecule has 44 heavy (non-hydrogen) atoms. The van der Waals surface area contributed by atoms with Crippen LogP contribution in [0.1, 0.15) is 91.9 Å². The normalized spacial score (nSPS) is 43.4. The molecule has 5 fully saturated rings. The molecule has 0 aromatic carbocycles. The van der Waals surface area contributed by atoms with Gasteiger partial charge in [-0.15, -0.1) is 18.2 Å². The predicted molar refractivity (Wildman–Crippen MR) is 171 cm³/mol. The minimum atomic E-state index is -0.617. The summed E-state index contributed by atoms with van der Waals surface area (Å²) in [6.45, 7) is 9.15. The highest BCUT2D eigenvalue weighted by atomic mass is 32.2. The summed E-state index contributed by atoms with van der Waals surface area (Å²) in [6.07, 6.45) is 14.2. The first-order valence-corrected chi connectivity index (χ1v) is 18.0. The molecule has 2 aliphatic heterocycles. The van der Waals surface area contributed by atoms with Crippen molar-refractivity contribution in [1.29, 1.82) is 0 Å². The third-order valence-corrected chi connectivity index (χ3v) is 14.7. The molecule has 0 aromatic heterocycles. The first kappa shape index (κ1) is 31.9. The molecule has 4 aliphatic carbocycles. The fourth-order valence-corrected chi connectivity index (χ4v) is 12.3. The number of carbonyl (C=O) groups excluding carboxylic acids is 3. The molecule has 12 atom stereocenters. The number of rotatable bonds is 7. The van der Waals surface area contributed by atoms with E-state index in [0.717, 1.165) is 56.9 Å². The molecule has 3 amide bonds. The van der Waals surface area contributed by atoms with Crippen molar-refractivity contribution < 1.29 is 24.6 Å². The third kappa shape index (κ3) is 5.11. The van der Waals surface area contributed by atoms with Crippen molar-refractivity contribution in [2.45, 2.75) is 116 Å². The topological polar surface area (TPSA) is 119 Å². The van der Waals surface area contributed by atoms with Gasteiger partial charge in [0.25, 0.3) is 11.8 Å². The van der Waals surface area contributed by atoms with Gasteiger partial charge in [0.2, 0.25) is 5.91 Å². The van der Waals surface area contributed by atoms with Gasteiger partial charge in [-0.25, -0.2) is 0 Å². The number of hydrogen-bond donors (Lipinski definition) is 4. The zero-order valence-corrected chi connectivity index (χ0v) is 27.6. The maximum absolute atomic E-state index is 13.1. The lowest BCUT2D eigenvalue weighted by molar-refractivity contribution is -0.174. The number of fused-ring (bicyclic) bond motifs is 6. The van der Waals surface area contributed by atoms with Crippen LogP contribution >= 0.6 is 11.8 Å². The van der Waals surface area contributed by atoms with Crippen molar-refractivity contribution in [3.8, 4) is 12.3 Å². The Morgan fingerprint density at radius 1 is 1.11 bits per heavy atom. The van der Waals surface area contributed by atoms with E-state index in [-0.39, 0.29) is 52.7 Å². The van der Waals surface area contributed by atoms with Crippen LogP contribution in [-0.4, -0.2) is 68.8 Å². The highest BCUT2D eigenvalue weighted by Gasteiger charge is 2.63. The average Bonchev–Trinajstić information content (AvgIpc) is 3.35. The summed E-state index contributed by atoms with van der Waals surface area (Å²) in [5.41, 5.74) is 1.58. The van der Waals surface area contributed by atoms with Gasteiger partial charge in [-0.05, 0) is 117 Å². The third-order valence-electron chi connectivity index (χ3n) is 13.3. The Kier molecular flexibility index (Phi) is 8.69. The van der Waals surface area contributed by atoms with Gasteiger partial charge in [-0.2, -0.15) is 0 Å². The van der Waals surface area contributed by atoms with Gasteiger partial charge in [-0.1, -0.05) is 26.7 Å². The number of carbonyl (C=O) groups is 3. The summed E-state index contributed by atoms with van der Waals surface area (Å²) in [7, 11) is 0. The number of amides is 3. The molecular formula is C35H51N3O5S. The molecule has 6 rings (SSSR count). The van der Waals surface area contributed by atoms with Crippen LogP contribution in [0.3, 0.4) is 0 Å². The van der Waals surface area contributed by atoms with E-state index in [2.05, 4.69) is 37.3 Å². The Labute approximate surface area is 266 Å². The van der Waals surface area contributed by atoms with Crippen molar-refractivity contribution in [3.05, 3.63) is 11.3 Å². The fraction of sp³-hybridized carbons (Fsp3) is 0.800. The Balaban J connectivity index is 1.05. The van der Waals surface area contributed by atoms with E-state index >= 15 is 0 Å². The first-order chi connectivity index (χ1) is 20.9. The maximum atomic E-state index is 13.1. The molecule has 3 unspecified atom stereocenters. The number of aliphatic hydroxyl groups excluding tert-OH is 2. The molecule has 8 nitrogen and oxygen atoms in total. The number of β-lactam (4-membered cyclic amide) rings is 1. The lowest BCUT2D eigenvalue weighted by atomic mass is 9.43. The van der Waals surface area contributed by atoms with Crippen LogP contribution in [0.2, 0.25) is 0 Å². The van der Waals surface area contributed by atoms with Crippen molar-refractivity contribution in [3.63, 3.8) is 0 Å². The summed E-state index contributed by atoms with van der Waals surface area (Å²) >= 11 is 1.57. The van der Waals surface area contributed by atoms with Gasteiger partial charge in [0, 0.05) is 12.2 Å². The molecule has 1 saturated heterocycles. The van der Waals surface area contributed by atoms with Gasteiger partial charge in [0.05, 0.1) is 18.8 Å². The second-order valence-electron chi connectivity index (χ2n) is 15.4. The van der Waals surface area contributed by atoms with Crippen LogP contribution < -0.4 is 10.6 Å². The van der Waals surface area contributed by atoms with Crippen LogP contribution in [0.5, 0.6) is 0 Å². The van der Waals surface area contributed by atoms with Crippen LogP contribution in [0.15, 0.2) is 11.3 Å². The monoisotopic (exact) mass is 625 g/mol.